The van der Waals surface area contributed by atoms with Crippen LogP contribution in [0.15, 0.2) is 42.5 Å². The van der Waals surface area contributed by atoms with Gasteiger partial charge in [0.2, 0.25) is 21.8 Å². The van der Waals surface area contributed by atoms with E-state index in [1.807, 2.05) is 19.9 Å². The zero-order chi connectivity index (χ0) is 23.3. The number of nitrogens with zero attached hydrogens (tertiary/aromatic N) is 2. The molecule has 0 aliphatic carbocycles. The number of amides is 2. The van der Waals surface area contributed by atoms with Gasteiger partial charge in [0.25, 0.3) is 0 Å². The van der Waals surface area contributed by atoms with E-state index in [2.05, 4.69) is 5.32 Å². The molecule has 9 heteroatoms. The van der Waals surface area contributed by atoms with E-state index in [4.69, 9.17) is 0 Å². The van der Waals surface area contributed by atoms with Gasteiger partial charge in [0, 0.05) is 13.6 Å². The summed E-state index contributed by atoms with van der Waals surface area (Å²) >= 11 is 0. The van der Waals surface area contributed by atoms with Gasteiger partial charge in [-0.15, -0.1) is 0 Å². The third-order valence-corrected chi connectivity index (χ3v) is 5.99. The normalized spacial score (nSPS) is 12.2. The van der Waals surface area contributed by atoms with Crippen molar-refractivity contribution < 1.29 is 22.4 Å². The first kappa shape index (κ1) is 24.3. The molecular weight excluding hydrogens is 421 g/mol. The number of carbonyl (C=O) groups is 2. The van der Waals surface area contributed by atoms with Gasteiger partial charge < -0.3 is 10.2 Å². The molecule has 31 heavy (non-hydrogen) atoms. The maximum absolute atomic E-state index is 13.3. The maximum Gasteiger partial charge on any atom is 0.244 e. The van der Waals surface area contributed by atoms with Crippen molar-refractivity contribution in [3.8, 4) is 0 Å². The molecule has 1 atom stereocenters. The summed E-state index contributed by atoms with van der Waals surface area (Å²) in [5.74, 6) is -1.36. The quantitative estimate of drug-likeness (QED) is 0.670. The van der Waals surface area contributed by atoms with E-state index in [0.717, 1.165) is 21.7 Å². The van der Waals surface area contributed by atoms with E-state index in [1.165, 1.54) is 36.2 Å². The Morgan fingerprint density at radius 2 is 1.61 bits per heavy atom. The molecule has 2 rings (SSSR count). The lowest BCUT2D eigenvalue weighted by atomic mass is 10.1. The van der Waals surface area contributed by atoms with Crippen LogP contribution in [-0.2, 0) is 26.2 Å². The number of anilines is 1. The van der Waals surface area contributed by atoms with Crippen molar-refractivity contribution in [1.29, 1.82) is 0 Å². The second-order valence-electron chi connectivity index (χ2n) is 7.55. The lowest BCUT2D eigenvalue weighted by molar-refractivity contribution is -0.139. The van der Waals surface area contributed by atoms with Crippen molar-refractivity contribution >= 4 is 27.5 Å². The summed E-state index contributed by atoms with van der Waals surface area (Å²) in [6.07, 6.45) is 1.03. The molecule has 1 N–H and O–H groups in total. The summed E-state index contributed by atoms with van der Waals surface area (Å²) in [5.41, 5.74) is 2.71. The van der Waals surface area contributed by atoms with Gasteiger partial charge in [-0.1, -0.05) is 18.2 Å². The number of likely N-dealkylation sites (N-methyl/N-ethyl adjacent to an activating group) is 1. The Morgan fingerprint density at radius 3 is 2.10 bits per heavy atom. The van der Waals surface area contributed by atoms with Crippen molar-refractivity contribution in [2.75, 3.05) is 24.2 Å². The van der Waals surface area contributed by atoms with Crippen LogP contribution in [0, 0.1) is 19.7 Å². The number of nitrogens with one attached hydrogen (secondary N) is 1. The Kier molecular flexibility index (Phi) is 7.78. The highest BCUT2D eigenvalue weighted by Crippen LogP contribution is 2.22. The Balaban J connectivity index is 2.40. The summed E-state index contributed by atoms with van der Waals surface area (Å²) in [5, 5.41) is 2.50. The van der Waals surface area contributed by atoms with E-state index in [1.54, 1.807) is 19.1 Å². The zero-order valence-corrected chi connectivity index (χ0v) is 19.2. The molecule has 2 amide bonds. The van der Waals surface area contributed by atoms with Crippen molar-refractivity contribution in [2.24, 2.45) is 0 Å². The highest BCUT2D eigenvalue weighted by atomic mass is 32.2. The highest BCUT2D eigenvalue weighted by Gasteiger charge is 2.29. The summed E-state index contributed by atoms with van der Waals surface area (Å²) in [6, 6.07) is 9.99. The van der Waals surface area contributed by atoms with Crippen LogP contribution < -0.4 is 9.62 Å². The van der Waals surface area contributed by atoms with Crippen LogP contribution in [-0.4, -0.2) is 51.0 Å². The monoisotopic (exact) mass is 449 g/mol. The SMILES string of the molecule is CNC(=O)[C@@H](C)N(Cc1ccc(F)cc1)C(=O)CN(c1cc(C)cc(C)c1)S(C)(=O)=O. The van der Waals surface area contributed by atoms with Crippen LogP contribution in [0.2, 0.25) is 0 Å². The maximum atomic E-state index is 13.3. The van der Waals surface area contributed by atoms with Crippen molar-refractivity contribution in [3.63, 3.8) is 0 Å². The van der Waals surface area contributed by atoms with E-state index in [9.17, 15) is 22.4 Å². The molecule has 2 aromatic rings. The smallest absolute Gasteiger partial charge is 0.244 e. The van der Waals surface area contributed by atoms with E-state index in [-0.39, 0.29) is 6.54 Å². The predicted molar refractivity (Wildman–Crippen MR) is 119 cm³/mol. The Morgan fingerprint density at radius 1 is 1.06 bits per heavy atom. The second-order valence-corrected chi connectivity index (χ2v) is 9.46. The molecule has 0 radical (unpaired) electrons. The number of carbonyl (C=O) groups excluding carboxylic acids is 2. The molecule has 0 heterocycles. The minimum Gasteiger partial charge on any atom is -0.357 e. The second kappa shape index (κ2) is 9.91. The van der Waals surface area contributed by atoms with Gasteiger partial charge in [-0.2, -0.15) is 0 Å². The lowest BCUT2D eigenvalue weighted by Crippen LogP contribution is -2.50. The number of rotatable bonds is 8. The first-order valence-corrected chi connectivity index (χ1v) is 11.6. The highest BCUT2D eigenvalue weighted by molar-refractivity contribution is 7.92. The molecule has 0 saturated carbocycles. The fourth-order valence-corrected chi connectivity index (χ4v) is 4.12. The Bertz CT molecular complexity index is 1030. The number of benzene rings is 2. The number of sulfonamides is 1. The molecule has 0 aliphatic heterocycles. The van der Waals surface area contributed by atoms with Crippen LogP contribution in [0.5, 0.6) is 0 Å². The van der Waals surface area contributed by atoms with Crippen LogP contribution in [0.4, 0.5) is 10.1 Å². The fraction of sp³-hybridized carbons (Fsp3) is 0.364. The van der Waals surface area contributed by atoms with Crippen molar-refractivity contribution in [3.05, 3.63) is 65.0 Å². The Hall–Kier alpha value is -2.94. The summed E-state index contributed by atoms with van der Waals surface area (Å²) in [6.45, 7) is 4.80. The molecule has 0 saturated heterocycles. The van der Waals surface area contributed by atoms with Gasteiger partial charge >= 0.3 is 0 Å². The number of aryl methyl sites for hydroxylation is 2. The summed E-state index contributed by atoms with van der Waals surface area (Å²) < 4.78 is 39.3. The van der Waals surface area contributed by atoms with E-state index >= 15 is 0 Å². The Labute approximate surface area is 182 Å². The van der Waals surface area contributed by atoms with Crippen LogP contribution in [0.1, 0.15) is 23.6 Å². The first-order chi connectivity index (χ1) is 14.4. The van der Waals surface area contributed by atoms with Crippen molar-refractivity contribution in [2.45, 2.75) is 33.4 Å². The molecule has 7 nitrogen and oxygen atoms in total. The minimum absolute atomic E-state index is 0.0259. The van der Waals surface area contributed by atoms with Gasteiger partial charge in [-0.05, 0) is 61.7 Å². The first-order valence-electron chi connectivity index (χ1n) is 9.74. The van der Waals surface area contributed by atoms with Crippen LogP contribution >= 0.6 is 0 Å². The zero-order valence-electron chi connectivity index (χ0n) is 18.3. The minimum atomic E-state index is -3.77. The molecule has 0 aliphatic rings. The van der Waals surface area contributed by atoms with Gasteiger partial charge in [0.05, 0.1) is 11.9 Å². The van der Waals surface area contributed by atoms with Crippen LogP contribution in [0.3, 0.4) is 0 Å². The predicted octanol–water partition coefficient (Wildman–Crippen LogP) is 2.37. The lowest BCUT2D eigenvalue weighted by Gasteiger charge is -2.31. The van der Waals surface area contributed by atoms with Gasteiger partial charge in [-0.25, -0.2) is 12.8 Å². The fourth-order valence-electron chi connectivity index (χ4n) is 3.29. The molecule has 2 aromatic carbocycles. The number of hydrogen-bond donors (Lipinski definition) is 1. The van der Waals surface area contributed by atoms with E-state index < -0.39 is 40.2 Å². The van der Waals surface area contributed by atoms with Crippen molar-refractivity contribution in [1.82, 2.24) is 10.2 Å². The van der Waals surface area contributed by atoms with E-state index in [0.29, 0.717) is 11.3 Å². The summed E-state index contributed by atoms with van der Waals surface area (Å²) in [4.78, 5) is 26.8. The molecule has 0 bridgehead atoms. The van der Waals surface area contributed by atoms with Gasteiger partial charge in [-0.3, -0.25) is 13.9 Å². The third-order valence-electron chi connectivity index (χ3n) is 4.85. The third kappa shape index (κ3) is 6.52. The molecular formula is C22H28FN3O4S. The number of halogens is 1. The average Bonchev–Trinajstić information content (AvgIpc) is 2.68. The van der Waals surface area contributed by atoms with Gasteiger partial charge in [0.15, 0.2) is 0 Å². The molecule has 0 unspecified atom stereocenters. The average molecular weight is 450 g/mol. The molecule has 0 spiro atoms. The standard InChI is InChI=1S/C22H28FN3O4S/c1-15-10-16(2)12-20(11-15)26(31(5,29)30)14-21(27)25(17(3)22(28)24-4)13-18-6-8-19(23)9-7-18/h6-12,17H,13-14H2,1-5H3,(H,24,28)/t17-/m1/s1. The van der Waals surface area contributed by atoms with Crippen LogP contribution in [0.25, 0.3) is 0 Å². The van der Waals surface area contributed by atoms with Gasteiger partial charge in [0.1, 0.15) is 18.4 Å². The molecule has 0 aromatic heterocycles. The number of hydrogen-bond acceptors (Lipinski definition) is 4. The largest absolute Gasteiger partial charge is 0.357 e. The molecule has 168 valence electrons. The topological polar surface area (TPSA) is 86.8 Å². The molecule has 0 fully saturated rings. The summed E-state index contributed by atoms with van der Waals surface area (Å²) in [7, 11) is -2.32.